The maximum Gasteiger partial charge on any atom is 0.330 e. The Kier molecular flexibility index (Phi) is 12.6. The number of nitrogens with zero attached hydrogens (tertiary/aromatic N) is 3. The highest BCUT2D eigenvalue weighted by atomic mass is 32.1. The second-order valence-corrected chi connectivity index (χ2v) is 10.1. The number of carbonyl (C=O) groups is 2. The van der Waals surface area contributed by atoms with E-state index in [-0.39, 0.29) is 23.4 Å². The number of unbranched alkanes of at least 4 members (excludes halogenated alkanes) is 3. The van der Waals surface area contributed by atoms with Gasteiger partial charge >= 0.3 is 7.60 Å². The molecule has 0 unspecified atom stereocenters. The number of ether oxygens (including phenoxy) is 1. The van der Waals surface area contributed by atoms with Gasteiger partial charge in [-0.25, -0.2) is 4.68 Å². The number of rotatable bonds is 16. The molecule has 0 aliphatic rings. The number of hydrogen-bond donors (Lipinski definition) is 3. The highest BCUT2D eigenvalue weighted by Gasteiger charge is 2.22. The van der Waals surface area contributed by atoms with Crippen molar-refractivity contribution in [1.29, 1.82) is 0 Å². The third-order valence-electron chi connectivity index (χ3n) is 4.80. The Hall–Kier alpha value is -2.70. The van der Waals surface area contributed by atoms with Crippen molar-refractivity contribution in [2.45, 2.75) is 46.3 Å². The molecule has 36 heavy (non-hydrogen) atoms. The fourth-order valence-corrected chi connectivity index (χ4v) is 5.09. The second-order valence-electron chi connectivity index (χ2n) is 7.55. The van der Waals surface area contributed by atoms with Gasteiger partial charge in [0.05, 0.1) is 19.4 Å². The van der Waals surface area contributed by atoms with Gasteiger partial charge in [0.15, 0.2) is 16.6 Å². The molecule has 0 atom stereocenters. The Morgan fingerprint density at radius 2 is 1.75 bits per heavy atom. The Bertz CT molecular complexity index is 1040. The van der Waals surface area contributed by atoms with Gasteiger partial charge in [-0.15, -0.1) is 5.10 Å². The van der Waals surface area contributed by atoms with Crippen LogP contribution in [0.4, 0.5) is 5.82 Å². The van der Waals surface area contributed by atoms with Crippen LogP contribution in [0, 0.1) is 0 Å². The summed E-state index contributed by atoms with van der Waals surface area (Å²) in [5.41, 5.74) is 5.67. The number of primary amides is 1. The lowest BCUT2D eigenvalue weighted by atomic mass is 10.2. The predicted octanol–water partition coefficient (Wildman–Crippen LogP) is 3.30. The average molecular weight is 541 g/mol. The van der Waals surface area contributed by atoms with Gasteiger partial charge in [-0.1, -0.05) is 36.3 Å². The molecule has 0 saturated carbocycles. The molecule has 0 aliphatic carbocycles. The number of aromatic nitrogens is 3. The molecule has 1 heterocycles. The molecule has 0 saturated heterocycles. The minimum Gasteiger partial charge on any atom is -0.364 e. The van der Waals surface area contributed by atoms with Crippen molar-refractivity contribution in [2.24, 2.45) is 5.73 Å². The topological polar surface area (TPSA) is 160 Å². The molecule has 1 aromatic heterocycles. The van der Waals surface area contributed by atoms with Gasteiger partial charge in [0.1, 0.15) is 6.73 Å². The summed E-state index contributed by atoms with van der Waals surface area (Å²) >= 11 is 5.20. The van der Waals surface area contributed by atoms with Crippen molar-refractivity contribution in [3.05, 3.63) is 41.6 Å². The van der Waals surface area contributed by atoms with Gasteiger partial charge < -0.3 is 24.8 Å². The number of carbonyl (C=O) groups excluding carboxylic acids is 2. The van der Waals surface area contributed by atoms with Crippen LogP contribution in [-0.4, -0.2) is 57.9 Å². The molecule has 4 N–H and O–H groups in total. The Balaban J connectivity index is 1.79. The summed E-state index contributed by atoms with van der Waals surface area (Å²) < 4.78 is 29.9. The Labute approximate surface area is 215 Å². The zero-order valence-corrected chi connectivity index (χ0v) is 22.2. The van der Waals surface area contributed by atoms with Crippen molar-refractivity contribution in [2.75, 3.05) is 31.3 Å². The molecule has 2 rings (SSSR count). The van der Waals surface area contributed by atoms with E-state index < -0.39 is 19.4 Å². The molecular weight excluding hydrogens is 507 g/mol. The quantitative estimate of drug-likeness (QED) is 0.164. The molecule has 2 amide bonds. The monoisotopic (exact) mass is 540 g/mol. The average Bonchev–Trinajstić information content (AvgIpc) is 3.24. The summed E-state index contributed by atoms with van der Waals surface area (Å²) in [6.07, 6.45) is 3.59. The van der Waals surface area contributed by atoms with E-state index in [0.29, 0.717) is 31.5 Å². The Morgan fingerprint density at radius 1 is 1.08 bits per heavy atom. The Morgan fingerprint density at radius 3 is 2.39 bits per heavy atom. The van der Waals surface area contributed by atoms with Gasteiger partial charge in [0.25, 0.3) is 11.8 Å². The number of amides is 2. The zero-order chi connectivity index (χ0) is 26.4. The predicted molar refractivity (Wildman–Crippen MR) is 139 cm³/mol. The summed E-state index contributed by atoms with van der Waals surface area (Å²) in [6.45, 7) is 4.70. The van der Waals surface area contributed by atoms with Crippen molar-refractivity contribution in [3.63, 3.8) is 0 Å². The maximum atomic E-state index is 12.4. The van der Waals surface area contributed by atoms with Crippen LogP contribution in [0.15, 0.2) is 30.3 Å². The molecule has 0 spiro atoms. The second kappa shape index (κ2) is 15.4. The van der Waals surface area contributed by atoms with E-state index in [2.05, 4.69) is 20.9 Å². The van der Waals surface area contributed by atoms with Crippen LogP contribution in [0.1, 0.15) is 60.4 Å². The van der Waals surface area contributed by atoms with Crippen molar-refractivity contribution in [3.8, 4) is 0 Å². The van der Waals surface area contributed by atoms with Gasteiger partial charge in [0.2, 0.25) is 0 Å². The highest BCUT2D eigenvalue weighted by Crippen LogP contribution is 2.48. The third kappa shape index (κ3) is 9.75. The zero-order valence-electron chi connectivity index (χ0n) is 20.5. The van der Waals surface area contributed by atoms with Crippen molar-refractivity contribution in [1.82, 2.24) is 20.3 Å². The van der Waals surface area contributed by atoms with Crippen LogP contribution < -0.4 is 16.4 Å². The van der Waals surface area contributed by atoms with Gasteiger partial charge in [-0.3, -0.25) is 19.5 Å². The maximum absolute atomic E-state index is 12.4. The van der Waals surface area contributed by atoms with Gasteiger partial charge in [-0.05, 0) is 51.0 Å². The van der Waals surface area contributed by atoms with Crippen LogP contribution in [0.2, 0.25) is 0 Å². The summed E-state index contributed by atoms with van der Waals surface area (Å²) in [5, 5.41) is 12.9. The molecule has 1 aromatic carbocycles. The first kappa shape index (κ1) is 29.5. The minimum atomic E-state index is -3.00. The largest absolute Gasteiger partial charge is 0.364 e. The van der Waals surface area contributed by atoms with E-state index >= 15 is 0 Å². The lowest BCUT2D eigenvalue weighted by molar-refractivity contribution is 0.0661. The standard InChI is InChI=1S/C22H33N6O6PS/c1-3-33-35(31,34-4-2)15-11-6-5-10-14-32-16-28-20(18(19(23)29)26-27-28)24-22(36)25-21(30)17-12-8-7-9-13-17/h7-9,12-13H,3-6,10-11,14-16H2,1-2H3,(H2,23,29)(H2,24,25,30,36). The first-order valence-corrected chi connectivity index (χ1v) is 13.8. The van der Waals surface area contributed by atoms with E-state index in [9.17, 15) is 14.2 Å². The first-order chi connectivity index (χ1) is 17.3. The van der Waals surface area contributed by atoms with E-state index in [1.807, 2.05) is 0 Å². The number of thiocarbonyl (C=S) groups is 1. The number of benzene rings is 1. The lowest BCUT2D eigenvalue weighted by Crippen LogP contribution is -2.35. The number of hydrogen-bond acceptors (Lipinski definition) is 9. The van der Waals surface area contributed by atoms with E-state index in [1.54, 1.807) is 44.2 Å². The van der Waals surface area contributed by atoms with Gasteiger partial charge in [0, 0.05) is 12.2 Å². The summed E-state index contributed by atoms with van der Waals surface area (Å²) in [5.74, 6) is -1.11. The summed E-state index contributed by atoms with van der Waals surface area (Å²) in [6, 6.07) is 8.53. The summed E-state index contributed by atoms with van der Waals surface area (Å²) in [7, 11) is -3.00. The lowest BCUT2D eigenvalue weighted by Gasteiger charge is -2.16. The highest BCUT2D eigenvalue weighted by molar-refractivity contribution is 7.80. The first-order valence-electron chi connectivity index (χ1n) is 11.7. The molecule has 0 radical (unpaired) electrons. The van der Waals surface area contributed by atoms with E-state index in [4.69, 9.17) is 31.7 Å². The molecule has 2 aromatic rings. The third-order valence-corrected chi connectivity index (χ3v) is 7.17. The minimum absolute atomic E-state index is 0.0122. The van der Waals surface area contributed by atoms with Crippen LogP contribution in [0.3, 0.4) is 0 Å². The molecular formula is C22H33N6O6PS. The van der Waals surface area contributed by atoms with Crippen LogP contribution >= 0.6 is 19.8 Å². The fourth-order valence-electron chi connectivity index (χ4n) is 3.17. The van der Waals surface area contributed by atoms with Crippen LogP contribution in [0.25, 0.3) is 0 Å². The molecule has 14 heteroatoms. The van der Waals surface area contributed by atoms with Gasteiger partial charge in [-0.2, -0.15) is 0 Å². The number of anilines is 1. The van der Waals surface area contributed by atoms with E-state index in [0.717, 1.165) is 25.7 Å². The van der Waals surface area contributed by atoms with Crippen LogP contribution in [0.5, 0.6) is 0 Å². The van der Waals surface area contributed by atoms with Crippen molar-refractivity contribution >= 4 is 42.6 Å². The molecule has 0 fully saturated rings. The normalized spacial score (nSPS) is 11.3. The summed E-state index contributed by atoms with van der Waals surface area (Å²) in [4.78, 5) is 24.1. The SMILES string of the molecule is CCOP(=O)(CCCCCCOCn1nnc(C(N)=O)c1NC(=S)NC(=O)c1ccccc1)OCC. The molecule has 0 bridgehead atoms. The molecule has 198 valence electrons. The fraction of sp³-hybridized carbons (Fsp3) is 0.500. The van der Waals surface area contributed by atoms with Crippen molar-refractivity contribution < 1.29 is 27.9 Å². The smallest absolute Gasteiger partial charge is 0.330 e. The number of nitrogens with two attached hydrogens (primary N) is 1. The molecule has 12 nitrogen and oxygen atoms in total. The number of nitrogens with one attached hydrogen (secondary N) is 2. The van der Waals surface area contributed by atoms with E-state index in [1.165, 1.54) is 4.68 Å². The molecule has 0 aliphatic heterocycles. The van der Waals surface area contributed by atoms with Crippen LogP contribution in [-0.2, 0) is 25.1 Å².